The molecule has 9 atom stereocenters. The third kappa shape index (κ3) is 2.66. The highest BCUT2D eigenvalue weighted by atomic mass is 19.1. The maximum absolute atomic E-state index is 15.6. The summed E-state index contributed by atoms with van der Waals surface area (Å²) in [7, 11) is 0. The molecule has 7 nitrogen and oxygen atoms in total. The summed E-state index contributed by atoms with van der Waals surface area (Å²) in [6, 6.07) is 0. The first-order chi connectivity index (χ1) is 15.8. The Morgan fingerprint density at radius 2 is 1.85 bits per heavy atom. The van der Waals surface area contributed by atoms with Gasteiger partial charge in [0.2, 0.25) is 5.78 Å². The summed E-state index contributed by atoms with van der Waals surface area (Å²) >= 11 is 0. The summed E-state index contributed by atoms with van der Waals surface area (Å²) in [4.78, 5) is 49.4. The smallest absolute Gasteiger partial charge is 0.303 e. The zero-order valence-corrected chi connectivity index (χ0v) is 20.2. The van der Waals surface area contributed by atoms with Crippen LogP contribution in [0.1, 0.15) is 53.9 Å². The summed E-state index contributed by atoms with van der Waals surface area (Å²) in [5, 5.41) is 0. The van der Waals surface area contributed by atoms with E-state index >= 15 is 4.39 Å². The maximum atomic E-state index is 15.6. The number of hydrogen-bond acceptors (Lipinski definition) is 7. The Morgan fingerprint density at radius 1 is 1.15 bits per heavy atom. The fourth-order valence-corrected chi connectivity index (χ4v) is 8.33. The maximum Gasteiger partial charge on any atom is 0.303 e. The normalized spacial score (nSPS) is 48.0. The van der Waals surface area contributed by atoms with Crippen molar-refractivity contribution < 1.29 is 37.8 Å². The average molecular weight is 475 g/mol. The lowest BCUT2D eigenvalue weighted by molar-refractivity contribution is -0.193. The number of Topliss-reactive ketones (excluding diaryl/α,β-unsaturated/α-hetero) is 1. The van der Waals surface area contributed by atoms with Gasteiger partial charge in [0.25, 0.3) is 0 Å². The van der Waals surface area contributed by atoms with Crippen molar-refractivity contribution in [1.82, 2.24) is 0 Å². The SMILES string of the molecule is CC(=O)OCC(=O)[C@@]1(OC(C)=O)[C@H](C)C[C@H]2[C@@H]3C[C@H](F)C4=CC(=O)C=C[C@]4(C)[C@@]34O[C@H]4C[C@@]21C. The summed E-state index contributed by atoms with van der Waals surface area (Å²) in [5.74, 6) is -2.59. The van der Waals surface area contributed by atoms with Gasteiger partial charge in [-0.1, -0.05) is 19.9 Å². The quantitative estimate of drug-likeness (QED) is 0.456. The minimum atomic E-state index is -1.50. The van der Waals surface area contributed by atoms with Crippen LogP contribution in [-0.2, 0) is 33.4 Å². The topological polar surface area (TPSA) is 99.3 Å². The molecule has 0 unspecified atom stereocenters. The molecule has 4 fully saturated rings. The van der Waals surface area contributed by atoms with Gasteiger partial charge in [0.15, 0.2) is 18.0 Å². The largest absolute Gasteiger partial charge is 0.458 e. The van der Waals surface area contributed by atoms with Crippen molar-refractivity contribution in [3.8, 4) is 0 Å². The molecule has 1 aliphatic heterocycles. The van der Waals surface area contributed by atoms with E-state index in [1.54, 1.807) is 6.08 Å². The lowest BCUT2D eigenvalue weighted by atomic mass is 9.46. The number of epoxide rings is 1. The third-order valence-electron chi connectivity index (χ3n) is 9.59. The van der Waals surface area contributed by atoms with E-state index in [1.807, 2.05) is 20.8 Å². The zero-order chi connectivity index (χ0) is 24.8. The molecule has 0 bridgehead atoms. The molecule has 0 amide bonds. The molecule has 184 valence electrons. The summed E-state index contributed by atoms with van der Waals surface area (Å²) in [5.41, 5.74) is -3.28. The monoisotopic (exact) mass is 474 g/mol. The van der Waals surface area contributed by atoms with Crippen LogP contribution in [0, 0.1) is 28.6 Å². The zero-order valence-electron chi connectivity index (χ0n) is 20.2. The van der Waals surface area contributed by atoms with Crippen LogP contribution in [0.25, 0.3) is 0 Å². The van der Waals surface area contributed by atoms with Crippen LogP contribution in [0.2, 0.25) is 0 Å². The number of halogens is 1. The molecule has 0 radical (unpaired) electrons. The number of allylic oxidation sites excluding steroid dienone is 2. The second kappa shape index (κ2) is 7.09. The first-order valence-corrected chi connectivity index (χ1v) is 12.0. The number of ether oxygens (including phenoxy) is 3. The van der Waals surface area contributed by atoms with Gasteiger partial charge in [0, 0.05) is 30.6 Å². The average Bonchev–Trinajstić information content (AvgIpc) is 3.42. The molecule has 1 spiro atoms. The van der Waals surface area contributed by atoms with Crippen molar-refractivity contribution in [2.24, 2.45) is 28.6 Å². The predicted octanol–water partition coefficient (Wildman–Crippen LogP) is 3.05. The Labute approximate surface area is 198 Å². The highest BCUT2D eigenvalue weighted by molar-refractivity contribution is 6.01. The van der Waals surface area contributed by atoms with Crippen molar-refractivity contribution in [2.45, 2.75) is 77.4 Å². The van der Waals surface area contributed by atoms with Gasteiger partial charge in [0.1, 0.15) is 11.8 Å². The lowest BCUT2D eigenvalue weighted by Gasteiger charge is -2.56. The van der Waals surface area contributed by atoms with Gasteiger partial charge in [-0.3, -0.25) is 19.2 Å². The molecular weight excluding hydrogens is 443 g/mol. The van der Waals surface area contributed by atoms with E-state index < -0.39 is 52.5 Å². The number of alkyl halides is 1. The molecule has 3 saturated carbocycles. The van der Waals surface area contributed by atoms with E-state index in [1.165, 1.54) is 26.0 Å². The van der Waals surface area contributed by atoms with E-state index in [4.69, 9.17) is 14.2 Å². The van der Waals surface area contributed by atoms with Gasteiger partial charge < -0.3 is 14.2 Å². The van der Waals surface area contributed by atoms with Crippen LogP contribution in [0.3, 0.4) is 0 Å². The Morgan fingerprint density at radius 3 is 2.50 bits per heavy atom. The minimum Gasteiger partial charge on any atom is -0.458 e. The number of ketones is 2. The number of fused-ring (bicyclic) bond motifs is 3. The van der Waals surface area contributed by atoms with Crippen molar-refractivity contribution in [2.75, 3.05) is 6.61 Å². The van der Waals surface area contributed by atoms with E-state index in [0.717, 1.165) is 0 Å². The highest BCUT2D eigenvalue weighted by Gasteiger charge is 2.83. The Kier molecular flexibility index (Phi) is 4.88. The molecule has 1 saturated heterocycles. The van der Waals surface area contributed by atoms with Gasteiger partial charge >= 0.3 is 11.9 Å². The lowest BCUT2D eigenvalue weighted by Crippen LogP contribution is -2.64. The van der Waals surface area contributed by atoms with Gasteiger partial charge in [-0.15, -0.1) is 0 Å². The molecule has 0 aromatic rings. The van der Waals surface area contributed by atoms with E-state index in [-0.39, 0.29) is 36.1 Å². The Balaban J connectivity index is 1.59. The molecular formula is C26H31FO7. The van der Waals surface area contributed by atoms with Gasteiger partial charge in [-0.05, 0) is 55.7 Å². The standard InChI is InChI=1S/C26H31FO7/c1-13-8-17-18-10-20(27)19-9-16(30)6-7-23(19,4)26(18)22(34-26)11-24(17,5)25(13,33-15(3)29)21(31)12-32-14(2)28/h6-7,9,13,17-18,20,22H,8,10-12H2,1-5H3/t13-,17+,18+,20+,22+,23+,24+,25+,26-/m1/s1. The molecule has 0 aromatic heterocycles. The number of carbonyl (C=O) groups excluding carboxylic acids is 4. The number of hydrogen-bond donors (Lipinski definition) is 0. The molecule has 4 aliphatic carbocycles. The number of carbonyl (C=O) groups is 4. The van der Waals surface area contributed by atoms with E-state index in [2.05, 4.69) is 0 Å². The molecule has 5 rings (SSSR count). The van der Waals surface area contributed by atoms with Crippen LogP contribution in [0.4, 0.5) is 4.39 Å². The third-order valence-corrected chi connectivity index (χ3v) is 9.59. The van der Waals surface area contributed by atoms with Gasteiger partial charge in [-0.25, -0.2) is 4.39 Å². The minimum absolute atomic E-state index is 0.162. The first-order valence-electron chi connectivity index (χ1n) is 12.0. The second-order valence-corrected chi connectivity index (χ2v) is 11.1. The van der Waals surface area contributed by atoms with Crippen LogP contribution >= 0.6 is 0 Å². The summed E-state index contributed by atoms with van der Waals surface area (Å²) in [6.45, 7) is 7.75. The van der Waals surface area contributed by atoms with Crippen LogP contribution < -0.4 is 0 Å². The van der Waals surface area contributed by atoms with Crippen molar-refractivity contribution in [3.63, 3.8) is 0 Å². The van der Waals surface area contributed by atoms with Crippen LogP contribution in [-0.4, -0.2) is 53.6 Å². The molecule has 0 aromatic carbocycles. The molecule has 34 heavy (non-hydrogen) atoms. The fraction of sp³-hybridized carbons (Fsp3) is 0.692. The van der Waals surface area contributed by atoms with Crippen molar-refractivity contribution in [3.05, 3.63) is 23.8 Å². The second-order valence-electron chi connectivity index (χ2n) is 11.1. The summed E-state index contributed by atoms with van der Waals surface area (Å²) in [6.07, 6.45) is 4.27. The van der Waals surface area contributed by atoms with Crippen LogP contribution in [0.15, 0.2) is 23.8 Å². The molecule has 8 heteroatoms. The van der Waals surface area contributed by atoms with Crippen LogP contribution in [0.5, 0.6) is 0 Å². The highest BCUT2D eigenvalue weighted by Crippen LogP contribution is 2.77. The van der Waals surface area contributed by atoms with Crippen molar-refractivity contribution in [1.29, 1.82) is 0 Å². The van der Waals surface area contributed by atoms with Crippen molar-refractivity contribution >= 4 is 23.5 Å². The van der Waals surface area contributed by atoms with E-state index in [9.17, 15) is 19.2 Å². The Hall–Kier alpha value is -2.35. The number of rotatable bonds is 4. The molecule has 5 aliphatic rings. The fourth-order valence-electron chi connectivity index (χ4n) is 8.33. The van der Waals surface area contributed by atoms with Gasteiger partial charge in [-0.2, -0.15) is 0 Å². The van der Waals surface area contributed by atoms with E-state index in [0.29, 0.717) is 18.4 Å². The number of esters is 2. The first kappa shape index (κ1) is 23.4. The van der Waals surface area contributed by atoms with Gasteiger partial charge in [0.05, 0.1) is 6.10 Å². The molecule has 0 N–H and O–H groups in total. The predicted molar refractivity (Wildman–Crippen MR) is 117 cm³/mol. The molecule has 1 heterocycles. The Bertz CT molecular complexity index is 1060. The summed E-state index contributed by atoms with van der Waals surface area (Å²) < 4.78 is 33.0.